The maximum absolute atomic E-state index is 12.5. The van der Waals surface area contributed by atoms with Crippen molar-refractivity contribution in [1.29, 1.82) is 0 Å². The first-order valence-corrected chi connectivity index (χ1v) is 9.75. The average Bonchev–Trinajstić information content (AvgIpc) is 2.77. The van der Waals surface area contributed by atoms with Crippen LogP contribution >= 0.6 is 0 Å². The molecule has 3 rings (SSSR count). The van der Waals surface area contributed by atoms with Gasteiger partial charge in [-0.2, -0.15) is 0 Å². The van der Waals surface area contributed by atoms with Crippen LogP contribution in [0.2, 0.25) is 0 Å². The highest BCUT2D eigenvalue weighted by molar-refractivity contribution is 5.83. The number of aromatic nitrogens is 2. The summed E-state index contributed by atoms with van der Waals surface area (Å²) in [4.78, 5) is 36.2. The molecule has 2 aromatic rings. The van der Waals surface area contributed by atoms with Crippen LogP contribution in [0, 0.1) is 0 Å². The number of nitrogens with zero attached hydrogens (tertiary/aromatic N) is 4. The molecule has 1 aliphatic heterocycles. The highest BCUT2D eigenvalue weighted by Gasteiger charge is 2.29. The van der Waals surface area contributed by atoms with Crippen LogP contribution in [0.1, 0.15) is 24.6 Å². The number of methoxy groups -OCH3 is 1. The minimum Gasteiger partial charge on any atom is -0.497 e. The molecule has 0 unspecified atom stereocenters. The van der Waals surface area contributed by atoms with Crippen molar-refractivity contribution >= 4 is 17.8 Å². The first kappa shape index (κ1) is 21.5. The van der Waals surface area contributed by atoms with E-state index in [0.717, 1.165) is 16.9 Å². The van der Waals surface area contributed by atoms with Gasteiger partial charge in [0.25, 0.3) is 0 Å². The minimum absolute atomic E-state index is 0.0359. The summed E-state index contributed by atoms with van der Waals surface area (Å²) in [6.07, 6.45) is 1.48. The summed E-state index contributed by atoms with van der Waals surface area (Å²) in [5, 5.41) is 0. The molecule has 30 heavy (non-hydrogen) atoms. The highest BCUT2D eigenvalue weighted by atomic mass is 16.5. The fourth-order valence-electron chi connectivity index (χ4n) is 3.29. The maximum atomic E-state index is 12.5. The average molecular weight is 413 g/mol. The van der Waals surface area contributed by atoms with E-state index in [2.05, 4.69) is 4.98 Å². The fourth-order valence-corrected chi connectivity index (χ4v) is 3.29. The zero-order chi connectivity index (χ0) is 21.7. The van der Waals surface area contributed by atoms with E-state index in [9.17, 15) is 9.59 Å². The Morgan fingerprint density at radius 1 is 1.33 bits per heavy atom. The van der Waals surface area contributed by atoms with Gasteiger partial charge in [0.1, 0.15) is 11.9 Å². The van der Waals surface area contributed by atoms with Gasteiger partial charge in [-0.25, -0.2) is 9.97 Å². The van der Waals surface area contributed by atoms with Crippen LogP contribution in [0.5, 0.6) is 5.75 Å². The van der Waals surface area contributed by atoms with E-state index in [0.29, 0.717) is 31.3 Å². The molecule has 0 bridgehead atoms. The van der Waals surface area contributed by atoms with Gasteiger partial charge in [0.05, 0.1) is 26.0 Å². The quantitative estimate of drug-likeness (QED) is 0.730. The second-order valence-electron chi connectivity index (χ2n) is 7.26. The monoisotopic (exact) mass is 413 g/mol. The van der Waals surface area contributed by atoms with E-state index >= 15 is 0 Å². The molecule has 0 saturated carbocycles. The summed E-state index contributed by atoms with van der Waals surface area (Å²) in [5.41, 5.74) is 7.59. The number of morpholine rings is 1. The number of primary amides is 1. The van der Waals surface area contributed by atoms with Gasteiger partial charge in [-0.3, -0.25) is 9.59 Å². The van der Waals surface area contributed by atoms with Gasteiger partial charge in [0, 0.05) is 45.2 Å². The lowest BCUT2D eigenvalue weighted by Gasteiger charge is -2.33. The first-order valence-electron chi connectivity index (χ1n) is 9.75. The highest BCUT2D eigenvalue weighted by Crippen LogP contribution is 2.33. The van der Waals surface area contributed by atoms with Crippen molar-refractivity contribution in [3.63, 3.8) is 0 Å². The Morgan fingerprint density at radius 2 is 2.13 bits per heavy atom. The van der Waals surface area contributed by atoms with Crippen molar-refractivity contribution in [3.05, 3.63) is 36.2 Å². The number of carbonyl (C=O) groups excluding carboxylic acids is 2. The number of nitrogens with two attached hydrogens (primary N) is 1. The lowest BCUT2D eigenvalue weighted by atomic mass is 10.0. The predicted molar refractivity (Wildman–Crippen MR) is 112 cm³/mol. The van der Waals surface area contributed by atoms with Gasteiger partial charge in [0.15, 0.2) is 0 Å². The van der Waals surface area contributed by atoms with Crippen LogP contribution in [0.15, 0.2) is 30.5 Å². The van der Waals surface area contributed by atoms with E-state index in [4.69, 9.17) is 20.2 Å². The smallest absolute Gasteiger partial charge is 0.225 e. The molecule has 1 aliphatic rings. The topological polar surface area (TPSA) is 111 Å². The molecule has 2 N–H and O–H groups in total. The van der Waals surface area contributed by atoms with Gasteiger partial charge in [0.2, 0.25) is 17.8 Å². The van der Waals surface area contributed by atoms with Crippen molar-refractivity contribution in [2.45, 2.75) is 18.9 Å². The van der Waals surface area contributed by atoms with Gasteiger partial charge >= 0.3 is 0 Å². The van der Waals surface area contributed by atoms with Crippen LogP contribution in [0.25, 0.3) is 11.1 Å². The number of ether oxygens (including phenoxy) is 2. The lowest BCUT2D eigenvalue weighted by molar-refractivity contribution is -0.140. The molecule has 160 valence electrons. The Bertz CT molecular complexity index is 918. The van der Waals surface area contributed by atoms with E-state index < -0.39 is 12.0 Å². The third-order valence-electron chi connectivity index (χ3n) is 4.90. The fraction of sp³-hybridized carbons (Fsp3) is 0.429. The molecular weight excluding hydrogens is 386 g/mol. The normalized spacial score (nSPS) is 16.2. The number of amides is 2. The summed E-state index contributed by atoms with van der Waals surface area (Å²) in [7, 11) is 5.35. The van der Waals surface area contributed by atoms with Gasteiger partial charge in [-0.1, -0.05) is 12.1 Å². The van der Waals surface area contributed by atoms with Gasteiger partial charge < -0.3 is 25.0 Å². The first-order chi connectivity index (χ1) is 14.4. The van der Waals surface area contributed by atoms with Crippen LogP contribution in [0.3, 0.4) is 0 Å². The van der Waals surface area contributed by atoms with Crippen LogP contribution in [0.4, 0.5) is 5.95 Å². The maximum Gasteiger partial charge on any atom is 0.225 e. The molecule has 0 aliphatic carbocycles. The molecule has 0 spiro atoms. The molecule has 9 heteroatoms. The van der Waals surface area contributed by atoms with Crippen molar-refractivity contribution in [2.24, 2.45) is 5.73 Å². The van der Waals surface area contributed by atoms with E-state index in [1.54, 1.807) is 18.2 Å². The molecule has 9 nitrogen and oxygen atoms in total. The van der Waals surface area contributed by atoms with Crippen LogP contribution in [-0.4, -0.2) is 67.6 Å². The molecule has 2 amide bonds. The van der Waals surface area contributed by atoms with E-state index in [-0.39, 0.29) is 18.7 Å². The summed E-state index contributed by atoms with van der Waals surface area (Å²) in [6, 6.07) is 7.64. The van der Waals surface area contributed by atoms with Gasteiger partial charge in [-0.15, -0.1) is 0 Å². The molecule has 1 saturated heterocycles. The summed E-state index contributed by atoms with van der Waals surface area (Å²) in [5.74, 6) is 0.673. The largest absolute Gasteiger partial charge is 0.497 e. The number of carbonyl (C=O) groups is 2. The standard InChI is InChI=1S/C21H27N5O4/c1-25(2)21-23-12-16(14-5-4-6-15(11-14)29-3)20(24-21)17-13-26(9-10-30-17)19(28)8-7-18(22)27/h4-6,11-12,17H,7-10,13H2,1-3H3,(H2,22,27)/t17-/m1/s1. The van der Waals surface area contributed by atoms with Crippen LogP contribution in [-0.2, 0) is 14.3 Å². The Kier molecular flexibility index (Phi) is 6.83. The number of hydrogen-bond acceptors (Lipinski definition) is 7. The molecular formula is C21H27N5O4. The van der Waals surface area contributed by atoms with E-state index in [1.165, 1.54) is 0 Å². The van der Waals surface area contributed by atoms with Crippen LogP contribution < -0.4 is 15.4 Å². The molecule has 1 aromatic carbocycles. The second kappa shape index (κ2) is 9.53. The summed E-state index contributed by atoms with van der Waals surface area (Å²) >= 11 is 0. The Labute approximate surface area is 175 Å². The Hall–Kier alpha value is -3.20. The molecule has 1 fully saturated rings. The van der Waals surface area contributed by atoms with E-state index in [1.807, 2.05) is 43.3 Å². The zero-order valence-electron chi connectivity index (χ0n) is 17.5. The predicted octanol–water partition coefficient (Wildman–Crippen LogP) is 1.38. The third-order valence-corrected chi connectivity index (χ3v) is 4.90. The zero-order valence-corrected chi connectivity index (χ0v) is 17.5. The molecule has 0 radical (unpaired) electrons. The SMILES string of the molecule is COc1cccc(-c2cnc(N(C)C)nc2[C@H]2CN(C(=O)CCC(N)=O)CCO2)c1. The Balaban J connectivity index is 1.93. The summed E-state index contributed by atoms with van der Waals surface area (Å²) in [6.45, 7) is 1.19. The number of benzene rings is 1. The Morgan fingerprint density at radius 3 is 2.83 bits per heavy atom. The molecule has 2 heterocycles. The molecule has 1 atom stereocenters. The number of anilines is 1. The number of rotatable bonds is 7. The third kappa shape index (κ3) is 5.04. The van der Waals surface area contributed by atoms with Crippen molar-refractivity contribution in [3.8, 4) is 16.9 Å². The molecule has 1 aromatic heterocycles. The van der Waals surface area contributed by atoms with Crippen molar-refractivity contribution in [1.82, 2.24) is 14.9 Å². The van der Waals surface area contributed by atoms with Crippen molar-refractivity contribution in [2.75, 3.05) is 45.8 Å². The van der Waals surface area contributed by atoms with Crippen molar-refractivity contribution < 1.29 is 19.1 Å². The lowest BCUT2D eigenvalue weighted by Crippen LogP contribution is -2.42. The summed E-state index contributed by atoms with van der Waals surface area (Å²) < 4.78 is 11.3. The van der Waals surface area contributed by atoms with Gasteiger partial charge in [-0.05, 0) is 17.7 Å². The second-order valence-corrected chi connectivity index (χ2v) is 7.26. The number of hydrogen-bond donors (Lipinski definition) is 1. The minimum atomic E-state index is -0.486.